The van der Waals surface area contributed by atoms with Gasteiger partial charge in [-0.3, -0.25) is 4.79 Å². The Hall–Kier alpha value is -2.41. The van der Waals surface area contributed by atoms with E-state index in [-0.39, 0.29) is 37.9 Å². The molecular weight excluding hydrogens is 978 g/mol. The molecule has 74 heavy (non-hydrogen) atoms. The van der Waals surface area contributed by atoms with Crippen molar-refractivity contribution in [1.82, 2.24) is 24.8 Å². The molecule has 5 rings (SSSR count). The van der Waals surface area contributed by atoms with Crippen molar-refractivity contribution in [3.05, 3.63) is 41.7 Å². The van der Waals surface area contributed by atoms with Crippen molar-refractivity contribution in [2.75, 3.05) is 60.4 Å². The number of cyclic esters (lactones) is 1. The lowest BCUT2D eigenvalue weighted by Gasteiger charge is -2.48. The number of esters is 1. The van der Waals surface area contributed by atoms with E-state index in [1.165, 1.54) is 18.7 Å². The highest BCUT2D eigenvalue weighted by atomic mass is 32.2. The molecule has 5 N–H and O–H groups in total. The molecule has 3 aliphatic heterocycles. The van der Waals surface area contributed by atoms with Gasteiger partial charge in [-0.25, -0.2) is 9.07 Å². The molecule has 20 heteroatoms. The van der Waals surface area contributed by atoms with Crippen LogP contribution in [0.2, 0.25) is 0 Å². The van der Waals surface area contributed by atoms with Gasteiger partial charge in [-0.15, -0.1) is 16.9 Å². The minimum atomic E-state index is -1.84. The van der Waals surface area contributed by atoms with Gasteiger partial charge in [0, 0.05) is 69.2 Å². The molecule has 0 radical (unpaired) electrons. The van der Waals surface area contributed by atoms with E-state index in [0.29, 0.717) is 31.6 Å². The molecule has 1 aromatic carbocycles. The van der Waals surface area contributed by atoms with Crippen molar-refractivity contribution in [3.8, 4) is 0 Å². The average Bonchev–Trinajstić information content (AvgIpc) is 3.83. The van der Waals surface area contributed by atoms with E-state index in [1.807, 2.05) is 75.9 Å². The number of halogens is 1. The highest BCUT2D eigenvalue weighted by Gasteiger charge is 2.52. The molecule has 1 aromatic heterocycles. The summed E-state index contributed by atoms with van der Waals surface area (Å²) in [7, 11) is 6.83. The summed E-state index contributed by atoms with van der Waals surface area (Å²) in [6, 6.07) is 6.13. The lowest BCUT2D eigenvalue weighted by atomic mass is 9.77. The van der Waals surface area contributed by atoms with Gasteiger partial charge in [-0.2, -0.15) is 0 Å². The quantitative estimate of drug-likeness (QED) is 0.0962. The fraction of sp³-hybridized carbons (Fsp3) is 0.833. The van der Waals surface area contributed by atoms with Gasteiger partial charge in [0.25, 0.3) is 0 Å². The Morgan fingerprint density at radius 2 is 1.66 bits per heavy atom. The van der Waals surface area contributed by atoms with E-state index in [4.69, 9.17) is 33.2 Å². The van der Waals surface area contributed by atoms with E-state index in [0.717, 1.165) is 16.2 Å². The Kier molecular flexibility index (Phi) is 22.8. The summed E-state index contributed by atoms with van der Waals surface area (Å²) in [5.74, 6) is -1.77. The number of rotatable bonds is 18. The number of benzene rings is 1. The van der Waals surface area contributed by atoms with Crippen LogP contribution in [0, 0.1) is 17.8 Å². The van der Waals surface area contributed by atoms with Crippen LogP contribution in [0.5, 0.6) is 0 Å². The average molecular weight is 1070 g/mol. The van der Waals surface area contributed by atoms with Crippen LogP contribution in [0.15, 0.2) is 35.4 Å². The van der Waals surface area contributed by atoms with Crippen LogP contribution < -0.4 is 0 Å². The fourth-order valence-corrected chi connectivity index (χ4v) is 12.4. The predicted molar refractivity (Wildman–Crippen MR) is 279 cm³/mol. The number of aromatic nitrogens is 3. The van der Waals surface area contributed by atoms with Gasteiger partial charge >= 0.3 is 5.97 Å². The molecule has 424 valence electrons. The lowest BCUT2D eigenvalue weighted by Crippen LogP contribution is -2.60. The third-order valence-electron chi connectivity index (χ3n) is 16.3. The van der Waals surface area contributed by atoms with Gasteiger partial charge in [0.1, 0.15) is 48.8 Å². The normalized spacial score (nSPS) is 39.3. The number of ether oxygens (including phenoxy) is 7. The van der Waals surface area contributed by atoms with Crippen LogP contribution in [-0.2, 0) is 44.4 Å². The lowest BCUT2D eigenvalue weighted by molar-refractivity contribution is -0.301. The Morgan fingerprint density at radius 3 is 2.27 bits per heavy atom. The summed E-state index contributed by atoms with van der Waals surface area (Å²) < 4.78 is 60.4. The van der Waals surface area contributed by atoms with Crippen molar-refractivity contribution < 1.29 is 67.9 Å². The SMILES string of the molecule is CCSc1ccc([C@@H](OC)[C@@H](CF)n2cc(CCN(C)[C@H]3C[C@@H](C)O[C@@H](O[C@@H]4[C@@H](C)[C@H](OC[C@H]5C[C@@](C)(OC)[C@@H](O)[C@H](C)O5)[C@@H](C)C(=O)O[C@H](CC)[C@@](C)(O)[C@H](O)[C@@H](C)N(C)C[C@H](C)C[C@@]4(C)O)[C@@H]3O)nn2)cc1. The first-order valence-corrected chi connectivity index (χ1v) is 27.7. The second kappa shape index (κ2) is 27.0. The number of carbonyl (C=O) groups is 1. The number of methoxy groups -OCH3 is 2. The van der Waals surface area contributed by atoms with Crippen LogP contribution >= 0.6 is 11.8 Å². The van der Waals surface area contributed by atoms with Crippen LogP contribution in [0.25, 0.3) is 0 Å². The highest BCUT2D eigenvalue weighted by Crippen LogP contribution is 2.39. The first kappa shape index (κ1) is 62.4. The van der Waals surface area contributed by atoms with Crippen molar-refractivity contribution >= 4 is 17.7 Å². The van der Waals surface area contributed by atoms with Gasteiger partial charge in [0.15, 0.2) is 6.29 Å². The topological polar surface area (TPSA) is 220 Å². The molecule has 20 atom stereocenters. The molecule has 3 fully saturated rings. The molecule has 2 aromatic rings. The number of alkyl halides is 1. The molecule has 0 saturated carbocycles. The summed E-state index contributed by atoms with van der Waals surface area (Å²) in [6.45, 7) is 19.9. The maximum absolute atomic E-state index is 14.8. The van der Waals surface area contributed by atoms with Crippen LogP contribution in [0.3, 0.4) is 0 Å². The zero-order valence-corrected chi connectivity index (χ0v) is 47.6. The molecule has 4 heterocycles. The molecule has 0 amide bonds. The first-order chi connectivity index (χ1) is 34.8. The van der Waals surface area contributed by atoms with Gasteiger partial charge < -0.3 is 68.5 Å². The van der Waals surface area contributed by atoms with Crippen molar-refractivity contribution in [1.29, 1.82) is 0 Å². The van der Waals surface area contributed by atoms with Crippen LogP contribution in [0.1, 0.15) is 125 Å². The Morgan fingerprint density at radius 1 is 0.986 bits per heavy atom. The molecule has 3 aliphatic rings. The zero-order chi connectivity index (χ0) is 55.0. The number of hydrogen-bond acceptors (Lipinski definition) is 18. The number of thioether (sulfide) groups is 1. The van der Waals surface area contributed by atoms with Crippen LogP contribution in [-0.4, -0.2) is 207 Å². The summed E-state index contributed by atoms with van der Waals surface area (Å²) >= 11 is 1.73. The molecule has 0 spiro atoms. The predicted octanol–water partition coefficient (Wildman–Crippen LogP) is 5.16. The minimum absolute atomic E-state index is 0.0301. The molecule has 0 bridgehead atoms. The number of aliphatic hydroxyl groups excluding tert-OH is 3. The van der Waals surface area contributed by atoms with Gasteiger partial charge in [-0.05, 0) is 111 Å². The van der Waals surface area contributed by atoms with E-state index in [9.17, 15) is 34.7 Å². The molecular formula is C54H92FN5O13S. The third kappa shape index (κ3) is 14.8. The number of likely N-dealkylation sites (N-methyl/N-ethyl adjacent to an activating group) is 2. The summed E-state index contributed by atoms with van der Waals surface area (Å²) in [4.78, 5) is 19.5. The fourth-order valence-electron chi connectivity index (χ4n) is 11.7. The van der Waals surface area contributed by atoms with E-state index in [1.54, 1.807) is 59.7 Å². The first-order valence-electron chi connectivity index (χ1n) is 26.7. The smallest absolute Gasteiger partial charge is 0.311 e. The number of aliphatic hydroxyl groups is 5. The number of carbonyl (C=O) groups excluding carboxylic acids is 1. The zero-order valence-electron chi connectivity index (χ0n) is 46.8. The summed E-state index contributed by atoms with van der Waals surface area (Å²) in [5.41, 5.74) is -2.95. The molecule has 0 aliphatic carbocycles. The number of hydrogen-bond donors (Lipinski definition) is 5. The van der Waals surface area contributed by atoms with E-state index >= 15 is 0 Å². The maximum Gasteiger partial charge on any atom is 0.311 e. The van der Waals surface area contributed by atoms with E-state index in [2.05, 4.69) is 17.2 Å². The second-order valence-electron chi connectivity index (χ2n) is 22.4. The molecule has 18 nitrogen and oxygen atoms in total. The van der Waals surface area contributed by atoms with Crippen molar-refractivity contribution in [2.24, 2.45) is 17.8 Å². The second-order valence-corrected chi connectivity index (χ2v) is 23.7. The largest absolute Gasteiger partial charge is 0.459 e. The monoisotopic (exact) mass is 1070 g/mol. The third-order valence-corrected chi connectivity index (χ3v) is 17.2. The van der Waals surface area contributed by atoms with Crippen molar-refractivity contribution in [3.63, 3.8) is 0 Å². The highest BCUT2D eigenvalue weighted by molar-refractivity contribution is 7.99. The molecule has 0 unspecified atom stereocenters. The van der Waals surface area contributed by atoms with E-state index < -0.39 is 121 Å². The molecule has 3 saturated heterocycles. The Labute approximate surface area is 444 Å². The van der Waals surface area contributed by atoms with Crippen LogP contribution in [0.4, 0.5) is 4.39 Å². The minimum Gasteiger partial charge on any atom is -0.459 e. The summed E-state index contributed by atoms with van der Waals surface area (Å²) in [6.07, 6.45) is -6.74. The van der Waals surface area contributed by atoms with Gasteiger partial charge in [0.2, 0.25) is 0 Å². The standard InChI is InChI=1S/C54H92FN5O13S/c1-16-43-54(11,66)47(62)35(7)59(13)28-31(3)25-52(9,65)49(33(5)45(34(6)50(64)72-43)69-30-39-26-53(10,68-15)48(63)36(8)71-39)73-51-44(61)41(24-32(4)70-51)58(12)23-22-38-29-60(57-56-38)42(27-55)46(67-14)37-18-20-40(21-19-37)74-17-2/h18-21,29,31-36,39,41-49,51,61-63,65-66H,16-17,22-28,30H2,1-15H3/t31-,32-,33+,34-,35-,36+,39-,41+,42-,43-,44-,45+,46-,47-,48+,49-,51+,52-,53-,54-/m1/s1. The van der Waals surface area contributed by atoms with Gasteiger partial charge in [-0.1, -0.05) is 45.0 Å². The number of nitrogens with zero attached hydrogens (tertiary/aromatic N) is 5. The Balaban J connectivity index is 1.43. The Bertz CT molecular complexity index is 2020. The van der Waals surface area contributed by atoms with Gasteiger partial charge in [0.05, 0.1) is 59.9 Å². The van der Waals surface area contributed by atoms with Crippen molar-refractivity contribution in [2.45, 2.75) is 215 Å². The summed E-state index contributed by atoms with van der Waals surface area (Å²) in [5, 5.41) is 68.4. The maximum atomic E-state index is 14.8.